The third-order valence-electron chi connectivity index (χ3n) is 6.90. The predicted molar refractivity (Wildman–Crippen MR) is 130 cm³/mol. The normalized spacial score (nSPS) is 22.5. The summed E-state index contributed by atoms with van der Waals surface area (Å²) in [4.78, 5) is 31.6. The minimum absolute atomic E-state index is 0.0328. The molecule has 184 valence electrons. The summed E-state index contributed by atoms with van der Waals surface area (Å²) in [6.45, 7) is 4.61. The van der Waals surface area contributed by atoms with Crippen LogP contribution in [-0.4, -0.2) is 85.9 Å². The van der Waals surface area contributed by atoms with E-state index in [0.29, 0.717) is 24.4 Å². The number of fused-ring (bicyclic) bond motifs is 1. The molecule has 33 heavy (non-hydrogen) atoms. The minimum atomic E-state index is -0.318. The van der Waals surface area contributed by atoms with Gasteiger partial charge in [0.05, 0.1) is 24.8 Å². The first kappa shape index (κ1) is 25.1. The van der Waals surface area contributed by atoms with Crippen molar-refractivity contribution in [2.24, 2.45) is 5.92 Å². The van der Waals surface area contributed by atoms with Gasteiger partial charge in [0.15, 0.2) is 0 Å². The topological polar surface area (TPSA) is 85.4 Å². The lowest BCUT2D eigenvalue weighted by molar-refractivity contribution is 0.0366. The van der Waals surface area contributed by atoms with Gasteiger partial charge in [0, 0.05) is 45.3 Å². The van der Waals surface area contributed by atoms with Crippen LogP contribution >= 0.6 is 0 Å². The van der Waals surface area contributed by atoms with E-state index in [2.05, 4.69) is 5.32 Å². The highest BCUT2D eigenvalue weighted by molar-refractivity contribution is 5.98. The number of hydrogen-bond donors (Lipinski definition) is 2. The lowest BCUT2D eigenvalue weighted by atomic mass is 9.96. The molecule has 1 aliphatic carbocycles. The molecule has 1 heterocycles. The van der Waals surface area contributed by atoms with Crippen LogP contribution in [0.15, 0.2) is 18.2 Å². The van der Waals surface area contributed by atoms with E-state index in [1.54, 1.807) is 16.8 Å². The highest BCUT2D eigenvalue weighted by atomic mass is 16.5. The molecule has 0 saturated heterocycles. The Bertz CT molecular complexity index is 825. The first-order chi connectivity index (χ1) is 15.7. The number of hydrogen-bond acceptors (Lipinski definition) is 5. The van der Waals surface area contributed by atoms with Crippen LogP contribution in [0.2, 0.25) is 0 Å². The summed E-state index contributed by atoms with van der Waals surface area (Å²) in [5.41, 5.74) is 1.38. The van der Waals surface area contributed by atoms with E-state index in [4.69, 9.17) is 4.74 Å². The second-order valence-corrected chi connectivity index (χ2v) is 9.86. The standard InChI is InChI=1S/C25H40N4O4/c1-17-14-29(18(2)16-30)24(31)21-13-20(27(3)4)11-12-22(21)33-23(17)15-28(5)25(32)26-19-9-7-6-8-10-19/h11-13,17-19,23,30H,6-10,14-16H2,1-5H3,(H,26,32)/t17-,18-,23-/m0/s1. The van der Waals surface area contributed by atoms with Gasteiger partial charge in [-0.3, -0.25) is 4.79 Å². The smallest absolute Gasteiger partial charge is 0.317 e. The Morgan fingerprint density at radius 1 is 1.24 bits per heavy atom. The Hall–Kier alpha value is -2.48. The van der Waals surface area contributed by atoms with E-state index in [9.17, 15) is 14.7 Å². The first-order valence-corrected chi connectivity index (χ1v) is 12.1. The summed E-state index contributed by atoms with van der Waals surface area (Å²) in [5.74, 6) is 0.330. The third-order valence-corrected chi connectivity index (χ3v) is 6.90. The zero-order chi connectivity index (χ0) is 24.1. The molecule has 3 rings (SSSR count). The molecule has 3 amide bonds. The van der Waals surface area contributed by atoms with Gasteiger partial charge in [-0.1, -0.05) is 26.2 Å². The summed E-state index contributed by atoms with van der Waals surface area (Å²) >= 11 is 0. The van der Waals surface area contributed by atoms with Crippen molar-refractivity contribution in [2.45, 2.75) is 64.1 Å². The average Bonchev–Trinajstić information content (AvgIpc) is 2.80. The summed E-state index contributed by atoms with van der Waals surface area (Å²) < 4.78 is 6.38. The van der Waals surface area contributed by atoms with Crippen LogP contribution in [0.3, 0.4) is 0 Å². The molecule has 1 aromatic rings. The van der Waals surface area contributed by atoms with Gasteiger partial charge < -0.3 is 29.9 Å². The van der Waals surface area contributed by atoms with E-state index in [1.165, 1.54) is 6.42 Å². The Balaban J connectivity index is 1.82. The van der Waals surface area contributed by atoms with Gasteiger partial charge in [-0.2, -0.15) is 0 Å². The van der Waals surface area contributed by atoms with Crippen molar-refractivity contribution in [2.75, 3.05) is 45.7 Å². The number of carbonyl (C=O) groups is 2. The zero-order valence-corrected chi connectivity index (χ0v) is 20.7. The lowest BCUT2D eigenvalue weighted by Crippen LogP contribution is -2.52. The molecular weight excluding hydrogens is 420 g/mol. The molecular formula is C25H40N4O4. The number of likely N-dealkylation sites (N-methyl/N-ethyl adjacent to an activating group) is 1. The minimum Gasteiger partial charge on any atom is -0.487 e. The second-order valence-electron chi connectivity index (χ2n) is 9.86. The molecule has 0 radical (unpaired) electrons. The largest absolute Gasteiger partial charge is 0.487 e. The molecule has 1 saturated carbocycles. The Morgan fingerprint density at radius 2 is 1.94 bits per heavy atom. The fourth-order valence-electron chi connectivity index (χ4n) is 4.59. The fourth-order valence-corrected chi connectivity index (χ4v) is 4.59. The molecule has 0 unspecified atom stereocenters. The van der Waals surface area contributed by atoms with Crippen molar-refractivity contribution in [1.29, 1.82) is 0 Å². The van der Waals surface area contributed by atoms with Crippen LogP contribution in [-0.2, 0) is 0 Å². The highest BCUT2D eigenvalue weighted by Gasteiger charge is 2.34. The summed E-state index contributed by atoms with van der Waals surface area (Å²) in [6.07, 6.45) is 5.34. The maximum Gasteiger partial charge on any atom is 0.317 e. The number of urea groups is 1. The van der Waals surface area contributed by atoms with Crippen LogP contribution in [0, 0.1) is 5.92 Å². The Labute approximate surface area is 197 Å². The number of nitrogens with one attached hydrogen (secondary N) is 1. The molecule has 8 nitrogen and oxygen atoms in total. The quantitative estimate of drug-likeness (QED) is 0.682. The van der Waals surface area contributed by atoms with Crippen LogP contribution in [0.4, 0.5) is 10.5 Å². The van der Waals surface area contributed by atoms with E-state index in [-0.39, 0.29) is 42.7 Å². The van der Waals surface area contributed by atoms with Crippen molar-refractivity contribution in [3.05, 3.63) is 23.8 Å². The molecule has 2 N–H and O–H groups in total. The highest BCUT2D eigenvalue weighted by Crippen LogP contribution is 2.31. The number of aliphatic hydroxyl groups excluding tert-OH is 1. The number of benzene rings is 1. The van der Waals surface area contributed by atoms with Crippen LogP contribution in [0.5, 0.6) is 5.75 Å². The van der Waals surface area contributed by atoms with Gasteiger partial charge in [0.2, 0.25) is 0 Å². The van der Waals surface area contributed by atoms with Crippen molar-refractivity contribution >= 4 is 17.6 Å². The van der Waals surface area contributed by atoms with E-state index < -0.39 is 0 Å². The number of aliphatic hydroxyl groups is 1. The van der Waals surface area contributed by atoms with Gasteiger partial charge in [0.1, 0.15) is 11.9 Å². The first-order valence-electron chi connectivity index (χ1n) is 12.1. The van der Waals surface area contributed by atoms with Crippen LogP contribution in [0.1, 0.15) is 56.3 Å². The Kier molecular flexibility index (Phi) is 8.46. The number of nitrogens with zero attached hydrogens (tertiary/aromatic N) is 3. The summed E-state index contributed by atoms with van der Waals surface area (Å²) in [5, 5.41) is 13.0. The summed E-state index contributed by atoms with van der Waals surface area (Å²) in [6, 6.07) is 5.43. The molecule has 1 aromatic carbocycles. The van der Waals surface area contributed by atoms with E-state index in [0.717, 1.165) is 31.4 Å². The Morgan fingerprint density at radius 3 is 2.58 bits per heavy atom. The summed E-state index contributed by atoms with van der Waals surface area (Å²) in [7, 11) is 5.64. The zero-order valence-electron chi connectivity index (χ0n) is 20.7. The number of anilines is 1. The number of carbonyl (C=O) groups excluding carboxylic acids is 2. The molecule has 2 aliphatic rings. The fraction of sp³-hybridized carbons (Fsp3) is 0.680. The number of ether oxygens (including phenoxy) is 1. The van der Waals surface area contributed by atoms with Gasteiger partial charge in [0.25, 0.3) is 5.91 Å². The van der Waals surface area contributed by atoms with Crippen molar-refractivity contribution in [3.63, 3.8) is 0 Å². The van der Waals surface area contributed by atoms with Crippen LogP contribution < -0.4 is 15.0 Å². The molecule has 1 aliphatic heterocycles. The maximum atomic E-state index is 13.4. The van der Waals surface area contributed by atoms with Crippen LogP contribution in [0.25, 0.3) is 0 Å². The van der Waals surface area contributed by atoms with Crippen molar-refractivity contribution in [1.82, 2.24) is 15.1 Å². The van der Waals surface area contributed by atoms with Crippen molar-refractivity contribution < 1.29 is 19.4 Å². The van der Waals surface area contributed by atoms with Gasteiger partial charge in [-0.15, -0.1) is 0 Å². The lowest BCUT2D eigenvalue weighted by Gasteiger charge is -2.38. The van der Waals surface area contributed by atoms with Gasteiger partial charge in [-0.05, 0) is 38.0 Å². The molecule has 3 atom stereocenters. The maximum absolute atomic E-state index is 13.4. The van der Waals surface area contributed by atoms with Gasteiger partial charge in [-0.25, -0.2) is 4.79 Å². The van der Waals surface area contributed by atoms with Crippen molar-refractivity contribution in [3.8, 4) is 5.75 Å². The van der Waals surface area contributed by atoms with E-state index in [1.807, 2.05) is 51.0 Å². The molecule has 1 fully saturated rings. The monoisotopic (exact) mass is 460 g/mol. The molecule has 8 heteroatoms. The molecule has 0 bridgehead atoms. The number of rotatable bonds is 6. The van der Waals surface area contributed by atoms with Gasteiger partial charge >= 0.3 is 6.03 Å². The SMILES string of the molecule is C[C@H]1CN([C@@H](C)CO)C(=O)c2cc(N(C)C)ccc2O[C@H]1CN(C)C(=O)NC1CCCCC1. The molecule has 0 aromatic heterocycles. The average molecular weight is 461 g/mol. The third kappa shape index (κ3) is 6.10. The molecule has 0 spiro atoms. The van der Waals surface area contributed by atoms with E-state index >= 15 is 0 Å². The predicted octanol–water partition coefficient (Wildman–Crippen LogP) is 2.95. The second kappa shape index (κ2) is 11.1. The number of amides is 3.